The SMILES string of the molecule is O=C(O)C1CCCN1C(=O)O.O=C(O)O.[KH]. The van der Waals surface area contributed by atoms with Gasteiger partial charge in [-0.2, -0.15) is 0 Å². The van der Waals surface area contributed by atoms with Crippen LogP contribution in [0.25, 0.3) is 0 Å². The average molecular weight is 261 g/mol. The first kappa shape index (κ1) is 18.0. The van der Waals surface area contributed by atoms with Gasteiger partial charge < -0.3 is 20.4 Å². The zero-order valence-electron chi connectivity index (χ0n) is 7.66. The molecule has 0 radical (unpaired) electrons. The van der Waals surface area contributed by atoms with E-state index >= 15 is 0 Å². The second kappa shape index (κ2) is 8.76. The Labute approximate surface area is 133 Å². The van der Waals surface area contributed by atoms with E-state index in [0.717, 1.165) is 4.90 Å². The number of carboxylic acid groups (broad SMARTS) is 4. The van der Waals surface area contributed by atoms with Crippen LogP contribution in [0.2, 0.25) is 0 Å². The number of nitrogens with zero attached hydrogens (tertiary/aromatic N) is 1. The Morgan fingerprint density at radius 2 is 1.50 bits per heavy atom. The first-order valence-corrected chi connectivity index (χ1v) is 4.00. The van der Waals surface area contributed by atoms with Gasteiger partial charge in [-0.3, -0.25) is 4.90 Å². The number of likely N-dealkylation sites (tertiary alicyclic amines) is 1. The summed E-state index contributed by atoms with van der Waals surface area (Å²) in [5.74, 6) is -1.05. The molecule has 8 nitrogen and oxygen atoms in total. The van der Waals surface area contributed by atoms with Gasteiger partial charge in [-0.1, -0.05) is 0 Å². The van der Waals surface area contributed by atoms with Gasteiger partial charge in [0.25, 0.3) is 0 Å². The van der Waals surface area contributed by atoms with Crippen molar-refractivity contribution in [1.29, 1.82) is 0 Å². The van der Waals surface area contributed by atoms with Crippen LogP contribution in [0.1, 0.15) is 12.8 Å². The standard InChI is InChI=1S/C6H9NO4.CH2O3.K.H/c8-5(9)4-2-1-3-7(4)6(10)11;2-1(3)4;;/h4H,1-3H2,(H,8,9)(H,10,11);(H2,2,3,4);;. The maximum atomic E-state index is 10.4. The van der Waals surface area contributed by atoms with Crippen molar-refractivity contribution in [3.63, 3.8) is 0 Å². The number of hydrogen-bond acceptors (Lipinski definition) is 3. The quantitative estimate of drug-likeness (QED) is 0.479. The second-order valence-electron chi connectivity index (χ2n) is 2.75. The summed E-state index contributed by atoms with van der Waals surface area (Å²) >= 11 is 0. The Morgan fingerprint density at radius 3 is 1.75 bits per heavy atom. The molecule has 1 heterocycles. The van der Waals surface area contributed by atoms with E-state index in [1.165, 1.54) is 0 Å². The fourth-order valence-corrected chi connectivity index (χ4v) is 1.25. The van der Waals surface area contributed by atoms with Gasteiger partial charge in [-0.15, -0.1) is 0 Å². The molecule has 0 aromatic carbocycles. The third kappa shape index (κ3) is 7.01. The van der Waals surface area contributed by atoms with E-state index < -0.39 is 24.3 Å². The summed E-state index contributed by atoms with van der Waals surface area (Å²) in [5.41, 5.74) is 0. The van der Waals surface area contributed by atoms with Gasteiger partial charge in [0, 0.05) is 6.54 Å². The number of rotatable bonds is 1. The molecule has 1 aliphatic rings. The number of amides is 1. The van der Waals surface area contributed by atoms with Crippen LogP contribution in [-0.4, -0.2) is 108 Å². The molecule has 1 saturated heterocycles. The van der Waals surface area contributed by atoms with E-state index in [0.29, 0.717) is 19.4 Å². The van der Waals surface area contributed by atoms with Crippen LogP contribution in [-0.2, 0) is 4.79 Å². The molecule has 0 saturated carbocycles. The normalized spacial score (nSPS) is 17.8. The summed E-state index contributed by atoms with van der Waals surface area (Å²) in [6.07, 6.45) is -1.90. The molecule has 0 bridgehead atoms. The molecule has 1 atom stereocenters. The van der Waals surface area contributed by atoms with Crippen molar-refractivity contribution < 1.29 is 34.8 Å². The van der Waals surface area contributed by atoms with Crippen molar-refractivity contribution in [2.75, 3.05) is 6.54 Å². The van der Waals surface area contributed by atoms with Crippen LogP contribution in [0, 0.1) is 0 Å². The van der Waals surface area contributed by atoms with Crippen LogP contribution < -0.4 is 0 Å². The Morgan fingerprint density at radius 1 is 1.06 bits per heavy atom. The van der Waals surface area contributed by atoms with Crippen LogP contribution in [0.5, 0.6) is 0 Å². The van der Waals surface area contributed by atoms with Crippen molar-refractivity contribution in [3.8, 4) is 0 Å². The third-order valence-corrected chi connectivity index (χ3v) is 1.78. The molecule has 1 aliphatic heterocycles. The van der Waals surface area contributed by atoms with E-state index in [-0.39, 0.29) is 51.4 Å². The summed E-state index contributed by atoms with van der Waals surface area (Å²) < 4.78 is 0. The zero-order valence-corrected chi connectivity index (χ0v) is 7.66. The Hall–Kier alpha value is -0.354. The maximum absolute atomic E-state index is 10.4. The molecule has 0 spiro atoms. The molecule has 1 unspecified atom stereocenters. The minimum atomic E-state index is -1.83. The van der Waals surface area contributed by atoms with Crippen molar-refractivity contribution in [2.24, 2.45) is 0 Å². The molecule has 16 heavy (non-hydrogen) atoms. The summed E-state index contributed by atoms with van der Waals surface area (Å²) in [5, 5.41) is 31.0. The molecule has 4 N–H and O–H groups in total. The van der Waals surface area contributed by atoms with Crippen LogP contribution >= 0.6 is 0 Å². The molecule has 1 amide bonds. The zero-order chi connectivity index (χ0) is 12.0. The van der Waals surface area contributed by atoms with Gasteiger partial charge >= 0.3 is 69.6 Å². The number of hydrogen-bond donors (Lipinski definition) is 4. The topological polar surface area (TPSA) is 135 Å². The van der Waals surface area contributed by atoms with Crippen molar-refractivity contribution in [2.45, 2.75) is 18.9 Å². The first-order valence-electron chi connectivity index (χ1n) is 4.00. The predicted octanol–water partition coefficient (Wildman–Crippen LogP) is -0.213. The van der Waals surface area contributed by atoms with Gasteiger partial charge in [-0.25, -0.2) is 14.4 Å². The fraction of sp³-hybridized carbons (Fsp3) is 0.571. The number of carbonyl (C=O) groups is 3. The van der Waals surface area contributed by atoms with Gasteiger partial charge in [0.2, 0.25) is 0 Å². The van der Waals surface area contributed by atoms with Crippen molar-refractivity contribution in [3.05, 3.63) is 0 Å². The Bertz CT molecular complexity index is 245. The van der Waals surface area contributed by atoms with E-state index in [1.807, 2.05) is 0 Å². The molecule has 1 fully saturated rings. The molecular formula is C7H12KNO7. The van der Waals surface area contributed by atoms with Crippen molar-refractivity contribution >= 4 is 69.6 Å². The molecule has 1 rings (SSSR count). The molecule has 0 aromatic heterocycles. The average Bonchev–Trinajstić information content (AvgIpc) is 2.49. The van der Waals surface area contributed by atoms with E-state index in [1.54, 1.807) is 0 Å². The van der Waals surface area contributed by atoms with E-state index in [4.69, 9.17) is 25.2 Å². The minimum absolute atomic E-state index is 0. The molecular weight excluding hydrogens is 249 g/mol. The Balaban J connectivity index is 0. The fourth-order valence-electron chi connectivity index (χ4n) is 1.25. The van der Waals surface area contributed by atoms with E-state index in [2.05, 4.69) is 0 Å². The van der Waals surface area contributed by atoms with Gasteiger partial charge in [0.05, 0.1) is 0 Å². The summed E-state index contributed by atoms with van der Waals surface area (Å²) in [6, 6.07) is -0.826. The van der Waals surface area contributed by atoms with Crippen LogP contribution in [0.3, 0.4) is 0 Å². The monoisotopic (exact) mass is 261 g/mol. The molecule has 9 heteroatoms. The summed E-state index contributed by atoms with van der Waals surface area (Å²) in [4.78, 5) is 30.3. The van der Waals surface area contributed by atoms with Gasteiger partial charge in [-0.05, 0) is 12.8 Å². The van der Waals surface area contributed by atoms with Gasteiger partial charge in [0.1, 0.15) is 6.04 Å². The summed E-state index contributed by atoms with van der Waals surface area (Å²) in [7, 11) is 0. The molecule has 88 valence electrons. The predicted molar refractivity (Wildman–Crippen MR) is 53.2 cm³/mol. The van der Waals surface area contributed by atoms with Crippen LogP contribution in [0.4, 0.5) is 9.59 Å². The van der Waals surface area contributed by atoms with Gasteiger partial charge in [0.15, 0.2) is 0 Å². The first-order chi connectivity index (χ1) is 6.86. The summed E-state index contributed by atoms with van der Waals surface area (Å²) in [6.45, 7) is 0.340. The number of aliphatic carboxylic acids is 1. The number of carboxylic acids is 1. The second-order valence-corrected chi connectivity index (χ2v) is 2.75. The van der Waals surface area contributed by atoms with E-state index in [9.17, 15) is 9.59 Å². The Kier molecular flexibility index (Phi) is 9.87. The van der Waals surface area contributed by atoms with Crippen molar-refractivity contribution in [1.82, 2.24) is 4.90 Å². The molecule has 0 aromatic rings. The van der Waals surface area contributed by atoms with Crippen LogP contribution in [0.15, 0.2) is 0 Å². The third-order valence-electron chi connectivity index (χ3n) is 1.78. The molecule has 0 aliphatic carbocycles.